The number of hydrogen-bond donors (Lipinski definition) is 2. The summed E-state index contributed by atoms with van der Waals surface area (Å²) in [7, 11) is 0. The maximum Gasteiger partial charge on any atom is 0.0412 e. The SMILES string of the molecule is C=C(C)c1cc(NC[C@@H](CC)CCCC)cc(C(=C)NC/C(C=NC(=C)C(C)(C)C)=C/C)c1. The second kappa shape index (κ2) is 13.9. The Labute approximate surface area is 203 Å². The van der Waals surface area contributed by atoms with E-state index in [2.05, 4.69) is 94.3 Å². The quantitative estimate of drug-likeness (QED) is 0.279. The van der Waals surface area contributed by atoms with Gasteiger partial charge in [-0.15, -0.1) is 0 Å². The first kappa shape index (κ1) is 28.5. The molecule has 1 aromatic carbocycles. The maximum absolute atomic E-state index is 4.56. The van der Waals surface area contributed by atoms with Crippen LogP contribution in [0, 0.1) is 11.3 Å². The van der Waals surface area contributed by atoms with Crippen molar-refractivity contribution in [3.05, 3.63) is 66.4 Å². The lowest BCUT2D eigenvalue weighted by Crippen LogP contribution is -2.17. The summed E-state index contributed by atoms with van der Waals surface area (Å²) in [6.07, 6.45) is 8.98. The van der Waals surface area contributed by atoms with Crippen molar-refractivity contribution in [2.24, 2.45) is 16.3 Å². The van der Waals surface area contributed by atoms with Crippen molar-refractivity contribution in [3.63, 3.8) is 0 Å². The first-order valence-electron chi connectivity index (χ1n) is 12.4. The highest BCUT2D eigenvalue weighted by Crippen LogP contribution is 2.25. The lowest BCUT2D eigenvalue weighted by Gasteiger charge is -2.19. The van der Waals surface area contributed by atoms with E-state index in [4.69, 9.17) is 0 Å². The Morgan fingerprint density at radius 1 is 1.09 bits per heavy atom. The van der Waals surface area contributed by atoms with Gasteiger partial charge in [0.1, 0.15) is 0 Å². The molecule has 0 fully saturated rings. The number of hydrogen-bond acceptors (Lipinski definition) is 3. The molecule has 0 amide bonds. The van der Waals surface area contributed by atoms with Crippen LogP contribution in [0.1, 0.15) is 85.3 Å². The average molecular weight is 450 g/mol. The van der Waals surface area contributed by atoms with Crippen molar-refractivity contribution in [1.29, 1.82) is 0 Å². The normalized spacial score (nSPS) is 13.1. The van der Waals surface area contributed by atoms with Gasteiger partial charge in [0.15, 0.2) is 0 Å². The van der Waals surface area contributed by atoms with E-state index in [1.165, 1.54) is 25.7 Å². The summed E-state index contributed by atoms with van der Waals surface area (Å²) in [5, 5.41) is 7.13. The van der Waals surface area contributed by atoms with Crippen LogP contribution in [0.2, 0.25) is 0 Å². The van der Waals surface area contributed by atoms with Crippen molar-refractivity contribution in [2.75, 3.05) is 18.4 Å². The number of allylic oxidation sites excluding steroid dienone is 3. The predicted octanol–water partition coefficient (Wildman–Crippen LogP) is 8.49. The van der Waals surface area contributed by atoms with Crippen molar-refractivity contribution in [1.82, 2.24) is 5.32 Å². The van der Waals surface area contributed by atoms with Crippen LogP contribution in [0.25, 0.3) is 11.3 Å². The minimum atomic E-state index is -0.0356. The summed E-state index contributed by atoms with van der Waals surface area (Å²) in [5.41, 5.74) is 7.20. The Bertz CT molecular complexity index is 865. The Morgan fingerprint density at radius 3 is 2.30 bits per heavy atom. The van der Waals surface area contributed by atoms with Crippen LogP contribution < -0.4 is 10.6 Å². The molecule has 0 spiro atoms. The number of unbranched alkanes of at least 4 members (excludes halogenated alkanes) is 1. The van der Waals surface area contributed by atoms with Crippen LogP contribution in [-0.2, 0) is 0 Å². The minimum absolute atomic E-state index is 0.0356. The highest BCUT2D eigenvalue weighted by atomic mass is 14.9. The molecule has 0 aliphatic rings. The van der Waals surface area contributed by atoms with Crippen molar-refractivity contribution >= 4 is 23.2 Å². The third-order valence-corrected chi connectivity index (χ3v) is 6.04. The monoisotopic (exact) mass is 449 g/mol. The van der Waals surface area contributed by atoms with Gasteiger partial charge in [-0.3, -0.25) is 4.99 Å². The van der Waals surface area contributed by atoms with Gasteiger partial charge in [-0.1, -0.05) is 85.3 Å². The Morgan fingerprint density at radius 2 is 1.76 bits per heavy atom. The zero-order valence-electron chi connectivity index (χ0n) is 22.3. The van der Waals surface area contributed by atoms with Gasteiger partial charge in [-0.25, -0.2) is 0 Å². The molecular formula is C30H47N3. The first-order valence-corrected chi connectivity index (χ1v) is 12.4. The number of aliphatic imine (C=N–C) groups is 1. The fraction of sp³-hybridized carbons (Fsp3) is 0.500. The van der Waals surface area contributed by atoms with Gasteiger partial charge in [-0.05, 0) is 61.1 Å². The molecule has 2 N–H and O–H groups in total. The number of benzene rings is 1. The van der Waals surface area contributed by atoms with Gasteiger partial charge < -0.3 is 10.6 Å². The molecule has 0 aliphatic heterocycles. The van der Waals surface area contributed by atoms with E-state index in [0.717, 1.165) is 45.9 Å². The van der Waals surface area contributed by atoms with Crippen LogP contribution in [0.3, 0.4) is 0 Å². The van der Waals surface area contributed by atoms with Crippen molar-refractivity contribution in [3.8, 4) is 0 Å². The molecule has 1 atom stereocenters. The largest absolute Gasteiger partial charge is 0.385 e. The standard InChI is InChI=1S/C30H47N3/c1-11-14-15-25(12-2)19-33-29-17-27(22(4)5)16-28(18-29)23(6)31-20-26(13-3)21-32-24(7)30(8,9)10/h13,16-18,21,25,31,33H,4,6-7,11-12,14-15,19-20H2,1-3,5,8-10H3/b26-13-,32-21?/t25-/m0/s1. The molecule has 0 unspecified atom stereocenters. The molecule has 182 valence electrons. The van der Waals surface area contributed by atoms with Crippen LogP contribution >= 0.6 is 0 Å². The lowest BCUT2D eigenvalue weighted by molar-refractivity contribution is 0.473. The summed E-state index contributed by atoms with van der Waals surface area (Å²) in [6.45, 7) is 29.2. The van der Waals surface area contributed by atoms with Crippen molar-refractivity contribution in [2.45, 2.75) is 74.1 Å². The second-order valence-electron chi connectivity index (χ2n) is 10.0. The molecule has 3 heteroatoms. The Kier molecular flexibility index (Phi) is 12.0. The number of rotatable bonds is 14. The third kappa shape index (κ3) is 10.3. The van der Waals surface area contributed by atoms with Gasteiger partial charge >= 0.3 is 0 Å². The van der Waals surface area contributed by atoms with Crippen LogP contribution in [0.4, 0.5) is 5.69 Å². The molecule has 0 saturated heterocycles. The van der Waals surface area contributed by atoms with Gasteiger partial charge in [0.2, 0.25) is 0 Å². The summed E-state index contributed by atoms with van der Waals surface area (Å²) in [4.78, 5) is 4.56. The zero-order valence-corrected chi connectivity index (χ0v) is 22.3. The molecule has 0 heterocycles. The summed E-state index contributed by atoms with van der Waals surface area (Å²) in [6, 6.07) is 6.52. The van der Waals surface area contributed by atoms with Crippen LogP contribution in [0.5, 0.6) is 0 Å². The molecule has 0 bridgehead atoms. The van der Waals surface area contributed by atoms with E-state index in [1.807, 2.05) is 20.1 Å². The Hall–Kier alpha value is -2.55. The predicted molar refractivity (Wildman–Crippen MR) is 151 cm³/mol. The summed E-state index contributed by atoms with van der Waals surface area (Å²) in [5.74, 6) is 0.697. The van der Waals surface area contributed by atoms with E-state index in [1.54, 1.807) is 0 Å². The molecule has 1 rings (SSSR count). The average Bonchev–Trinajstić information content (AvgIpc) is 2.77. The van der Waals surface area contributed by atoms with E-state index in [9.17, 15) is 0 Å². The Balaban J connectivity index is 2.91. The van der Waals surface area contributed by atoms with E-state index < -0.39 is 0 Å². The highest BCUT2D eigenvalue weighted by Gasteiger charge is 2.13. The van der Waals surface area contributed by atoms with Crippen LogP contribution in [0.15, 0.2) is 60.3 Å². The minimum Gasteiger partial charge on any atom is -0.385 e. The number of nitrogens with zero attached hydrogens (tertiary/aromatic N) is 1. The summed E-state index contributed by atoms with van der Waals surface area (Å²) >= 11 is 0. The van der Waals surface area contributed by atoms with Crippen molar-refractivity contribution < 1.29 is 0 Å². The molecule has 1 aromatic rings. The molecule has 0 radical (unpaired) electrons. The molecular weight excluding hydrogens is 402 g/mol. The fourth-order valence-electron chi connectivity index (χ4n) is 3.24. The fourth-order valence-corrected chi connectivity index (χ4v) is 3.24. The van der Waals surface area contributed by atoms with Gasteiger partial charge in [0.25, 0.3) is 0 Å². The zero-order chi connectivity index (χ0) is 25.0. The molecule has 0 aromatic heterocycles. The number of anilines is 1. The molecule has 33 heavy (non-hydrogen) atoms. The van der Waals surface area contributed by atoms with E-state index >= 15 is 0 Å². The third-order valence-electron chi connectivity index (χ3n) is 6.04. The lowest BCUT2D eigenvalue weighted by atomic mass is 9.93. The first-order chi connectivity index (χ1) is 15.5. The molecule has 0 saturated carbocycles. The molecule has 3 nitrogen and oxygen atoms in total. The van der Waals surface area contributed by atoms with Crippen LogP contribution in [-0.4, -0.2) is 19.3 Å². The topological polar surface area (TPSA) is 36.4 Å². The van der Waals surface area contributed by atoms with E-state index in [-0.39, 0.29) is 5.41 Å². The smallest absolute Gasteiger partial charge is 0.0412 e. The van der Waals surface area contributed by atoms with E-state index in [0.29, 0.717) is 12.5 Å². The van der Waals surface area contributed by atoms with Gasteiger partial charge in [0, 0.05) is 41.8 Å². The van der Waals surface area contributed by atoms with Gasteiger partial charge in [-0.2, -0.15) is 0 Å². The maximum atomic E-state index is 4.56. The second-order valence-corrected chi connectivity index (χ2v) is 10.0. The molecule has 0 aliphatic carbocycles. The highest BCUT2D eigenvalue weighted by molar-refractivity contribution is 5.81. The van der Waals surface area contributed by atoms with Gasteiger partial charge in [0.05, 0.1) is 0 Å². The number of nitrogens with one attached hydrogen (secondary N) is 2. The summed E-state index contributed by atoms with van der Waals surface area (Å²) < 4.78 is 0.